The van der Waals surface area contributed by atoms with Crippen molar-refractivity contribution in [3.05, 3.63) is 18.6 Å². The van der Waals surface area contributed by atoms with E-state index in [1.165, 1.54) is 19.5 Å². The fraction of sp³-hybridized carbons (Fsp3) is 0.200. The first-order chi connectivity index (χ1) is 4.84. The summed E-state index contributed by atoms with van der Waals surface area (Å²) in [5.41, 5.74) is 0. The van der Waals surface area contributed by atoms with Gasteiger partial charge in [-0.3, -0.25) is 9.82 Å². The molecule has 0 saturated carbocycles. The highest BCUT2D eigenvalue weighted by Crippen LogP contribution is 2.00. The molecule has 0 aliphatic heterocycles. The fourth-order valence-electron chi connectivity index (χ4n) is 0.499. The van der Waals surface area contributed by atoms with Gasteiger partial charge in [-0.2, -0.15) is 5.17 Å². The van der Waals surface area contributed by atoms with Crippen LogP contribution in [0.1, 0.15) is 0 Å². The van der Waals surface area contributed by atoms with Crippen molar-refractivity contribution in [2.24, 2.45) is 5.84 Å². The van der Waals surface area contributed by atoms with Crippen LogP contribution in [-0.4, -0.2) is 17.1 Å². The van der Waals surface area contributed by atoms with Crippen LogP contribution in [0.15, 0.2) is 18.6 Å². The van der Waals surface area contributed by atoms with Crippen LogP contribution < -0.4 is 11.0 Å². The Morgan fingerprint density at radius 1 is 1.60 bits per heavy atom. The maximum absolute atomic E-state index is 5.30. The second-order valence-electron chi connectivity index (χ2n) is 1.57. The highest BCUT2D eigenvalue weighted by molar-refractivity contribution is 5.28. The van der Waals surface area contributed by atoms with Crippen LogP contribution in [0, 0.1) is 0 Å². The van der Waals surface area contributed by atoms with Crippen LogP contribution in [-0.2, 0) is 4.84 Å². The van der Waals surface area contributed by atoms with E-state index in [2.05, 4.69) is 14.8 Å². The molecule has 0 unspecified atom stereocenters. The summed E-state index contributed by atoms with van der Waals surface area (Å²) in [4.78, 5) is 12.3. The van der Waals surface area contributed by atoms with Crippen LogP contribution in [0.25, 0.3) is 0 Å². The van der Waals surface area contributed by atoms with Gasteiger partial charge < -0.3 is 0 Å². The van der Waals surface area contributed by atoms with Gasteiger partial charge in [0, 0.05) is 12.4 Å². The van der Waals surface area contributed by atoms with Gasteiger partial charge in [0.1, 0.15) is 0 Å². The lowest BCUT2D eigenvalue weighted by molar-refractivity contribution is 0.165. The van der Waals surface area contributed by atoms with Gasteiger partial charge in [0.25, 0.3) is 0 Å². The molecule has 0 bridgehead atoms. The summed E-state index contributed by atoms with van der Waals surface area (Å²) in [6.07, 6.45) is 4.60. The summed E-state index contributed by atoms with van der Waals surface area (Å²) in [7, 11) is 1.45. The molecule has 5 heteroatoms. The number of anilines is 1. The van der Waals surface area contributed by atoms with Crippen molar-refractivity contribution in [3.8, 4) is 0 Å². The standard InChI is InChI=1S/C5H8N4O/c1-10-9(6)5-4-7-2-3-8-5/h2-4H,6H2,1H3. The van der Waals surface area contributed by atoms with Crippen molar-refractivity contribution in [3.63, 3.8) is 0 Å². The minimum atomic E-state index is 0.477. The Morgan fingerprint density at radius 2 is 2.40 bits per heavy atom. The number of nitrogens with zero attached hydrogens (tertiary/aromatic N) is 3. The molecule has 0 aliphatic rings. The van der Waals surface area contributed by atoms with Crippen LogP contribution in [0.5, 0.6) is 0 Å². The predicted octanol–water partition coefficient (Wildman–Crippen LogP) is -0.282. The largest absolute Gasteiger partial charge is 0.260 e. The summed E-state index contributed by atoms with van der Waals surface area (Å²) in [5.74, 6) is 5.78. The summed E-state index contributed by atoms with van der Waals surface area (Å²) in [6, 6.07) is 0. The second kappa shape index (κ2) is 3.09. The minimum absolute atomic E-state index is 0.477. The van der Waals surface area contributed by atoms with Gasteiger partial charge in [0.2, 0.25) is 0 Å². The van der Waals surface area contributed by atoms with Crippen molar-refractivity contribution < 1.29 is 4.84 Å². The molecule has 0 spiro atoms. The van der Waals surface area contributed by atoms with E-state index in [-0.39, 0.29) is 0 Å². The number of hydrogen-bond acceptors (Lipinski definition) is 5. The Balaban J connectivity index is 2.75. The zero-order valence-corrected chi connectivity index (χ0v) is 5.56. The third-order valence-electron chi connectivity index (χ3n) is 0.972. The zero-order chi connectivity index (χ0) is 7.40. The molecule has 1 aromatic heterocycles. The molecule has 10 heavy (non-hydrogen) atoms. The summed E-state index contributed by atoms with van der Waals surface area (Å²) < 4.78 is 0. The van der Waals surface area contributed by atoms with Gasteiger partial charge in [-0.05, 0) is 0 Å². The highest BCUT2D eigenvalue weighted by Gasteiger charge is 1.97. The van der Waals surface area contributed by atoms with Crippen LogP contribution >= 0.6 is 0 Å². The van der Waals surface area contributed by atoms with Crippen molar-refractivity contribution in [2.45, 2.75) is 0 Å². The predicted molar refractivity (Wildman–Crippen MR) is 35.7 cm³/mol. The number of aromatic nitrogens is 2. The van der Waals surface area contributed by atoms with Gasteiger partial charge in [-0.1, -0.05) is 0 Å². The average molecular weight is 140 g/mol. The van der Waals surface area contributed by atoms with Gasteiger partial charge in [-0.25, -0.2) is 10.8 Å². The first-order valence-electron chi connectivity index (χ1n) is 2.69. The molecule has 1 rings (SSSR count). The van der Waals surface area contributed by atoms with Crippen molar-refractivity contribution in [2.75, 3.05) is 12.3 Å². The van der Waals surface area contributed by atoms with E-state index in [1.807, 2.05) is 0 Å². The van der Waals surface area contributed by atoms with E-state index >= 15 is 0 Å². The topological polar surface area (TPSA) is 64.3 Å². The Kier molecular flexibility index (Phi) is 2.14. The van der Waals surface area contributed by atoms with Crippen LogP contribution in [0.3, 0.4) is 0 Å². The lowest BCUT2D eigenvalue weighted by Gasteiger charge is -2.11. The maximum atomic E-state index is 5.30. The molecule has 0 aromatic carbocycles. The van der Waals surface area contributed by atoms with E-state index in [0.717, 1.165) is 5.17 Å². The molecule has 2 N–H and O–H groups in total. The molecule has 0 radical (unpaired) electrons. The number of rotatable bonds is 2. The fourth-order valence-corrected chi connectivity index (χ4v) is 0.499. The normalized spacial score (nSPS) is 9.40. The van der Waals surface area contributed by atoms with E-state index in [4.69, 9.17) is 5.84 Å². The first kappa shape index (κ1) is 6.91. The van der Waals surface area contributed by atoms with Crippen molar-refractivity contribution in [1.82, 2.24) is 9.97 Å². The molecular weight excluding hydrogens is 132 g/mol. The van der Waals surface area contributed by atoms with Crippen molar-refractivity contribution in [1.29, 1.82) is 0 Å². The van der Waals surface area contributed by atoms with E-state index < -0.39 is 0 Å². The molecule has 0 amide bonds. The summed E-state index contributed by atoms with van der Waals surface area (Å²) in [6.45, 7) is 0. The van der Waals surface area contributed by atoms with Crippen molar-refractivity contribution >= 4 is 5.82 Å². The first-order valence-corrected chi connectivity index (χ1v) is 2.69. The van der Waals surface area contributed by atoms with E-state index in [9.17, 15) is 0 Å². The molecule has 0 fully saturated rings. The maximum Gasteiger partial charge on any atom is 0.189 e. The van der Waals surface area contributed by atoms with E-state index in [1.54, 1.807) is 6.20 Å². The third kappa shape index (κ3) is 1.40. The average Bonchev–Trinajstić information content (AvgIpc) is 2.05. The summed E-state index contributed by atoms with van der Waals surface area (Å²) >= 11 is 0. The Labute approximate surface area is 58.4 Å². The summed E-state index contributed by atoms with van der Waals surface area (Å²) in [5, 5.41) is 1.03. The lowest BCUT2D eigenvalue weighted by atomic mass is 10.7. The van der Waals surface area contributed by atoms with Gasteiger partial charge >= 0.3 is 0 Å². The van der Waals surface area contributed by atoms with Gasteiger partial charge in [0.15, 0.2) is 5.82 Å². The van der Waals surface area contributed by atoms with Crippen LogP contribution in [0.2, 0.25) is 0 Å². The number of hydrazine groups is 1. The molecule has 0 atom stereocenters. The quantitative estimate of drug-likeness (QED) is 0.452. The molecular formula is C5H8N4O. The minimum Gasteiger partial charge on any atom is -0.260 e. The smallest absolute Gasteiger partial charge is 0.189 e. The Bertz CT molecular complexity index is 190. The molecule has 5 nitrogen and oxygen atoms in total. The monoisotopic (exact) mass is 140 g/mol. The molecule has 0 aliphatic carbocycles. The van der Waals surface area contributed by atoms with E-state index in [0.29, 0.717) is 5.82 Å². The zero-order valence-electron chi connectivity index (χ0n) is 5.56. The molecule has 1 heterocycles. The number of hydrogen-bond donors (Lipinski definition) is 1. The number of nitrogens with two attached hydrogens (primary N) is 1. The SMILES string of the molecule is CON(N)c1cnccn1. The van der Waals surface area contributed by atoms with Gasteiger partial charge in [0.05, 0.1) is 13.3 Å². The van der Waals surface area contributed by atoms with Gasteiger partial charge in [-0.15, -0.1) is 0 Å². The molecule has 0 saturated heterocycles. The Hall–Kier alpha value is -1.20. The second-order valence-corrected chi connectivity index (χ2v) is 1.57. The molecule has 54 valence electrons. The Morgan fingerprint density at radius 3 is 2.90 bits per heavy atom. The lowest BCUT2D eigenvalue weighted by Crippen LogP contribution is -2.30. The third-order valence-corrected chi connectivity index (χ3v) is 0.972. The molecule has 1 aromatic rings. The highest BCUT2D eigenvalue weighted by atomic mass is 16.7. The van der Waals surface area contributed by atoms with Crippen LogP contribution in [0.4, 0.5) is 5.82 Å².